The average Bonchev–Trinajstić information content (AvgIpc) is 3.60. The molecule has 1 atom stereocenters. The van der Waals surface area contributed by atoms with Crippen molar-refractivity contribution in [2.45, 2.75) is 31.5 Å². The summed E-state index contributed by atoms with van der Waals surface area (Å²) in [5.41, 5.74) is 11.3. The van der Waals surface area contributed by atoms with Gasteiger partial charge >= 0.3 is 6.18 Å². The number of likely N-dealkylation sites (tertiary alicyclic amines) is 1. The number of nitrogens with two attached hydrogens (primary N) is 1. The van der Waals surface area contributed by atoms with Crippen LogP contribution in [0.3, 0.4) is 0 Å². The van der Waals surface area contributed by atoms with E-state index in [-0.39, 0.29) is 19.0 Å². The molecule has 1 amide bonds. The zero-order valence-corrected chi connectivity index (χ0v) is 20.3. The van der Waals surface area contributed by atoms with Crippen molar-refractivity contribution < 1.29 is 18.0 Å². The second-order valence-corrected chi connectivity index (χ2v) is 9.59. The molecule has 1 aliphatic rings. The zero-order chi connectivity index (χ0) is 26.4. The normalized spacial score (nSPS) is 16.1. The molecular formula is C27H24F3N7O. The predicted octanol–water partition coefficient (Wildman–Crippen LogP) is 4.64. The lowest BCUT2D eigenvalue weighted by atomic mass is 10.0. The van der Waals surface area contributed by atoms with Gasteiger partial charge in [0.05, 0.1) is 12.1 Å². The number of nitrogens with zero attached hydrogens (tertiary/aromatic N) is 6. The molecule has 38 heavy (non-hydrogen) atoms. The molecule has 1 saturated heterocycles. The summed E-state index contributed by atoms with van der Waals surface area (Å²) in [7, 11) is 0. The number of hydrogen-bond acceptors (Lipinski definition) is 5. The van der Waals surface area contributed by atoms with Gasteiger partial charge in [-0.25, -0.2) is 9.50 Å². The standard InChI is InChI=1S/C27H24F3N7O/c28-27(29,30)12-24(38)35-9-8-20(14-35)23-11-21(25-26(31)32-16-33-37(23)25)18-6-7-19-15-36(34-22(19)10-18)13-17-4-2-1-3-5-17/h1-7,10-11,15-16,20H,8-9,12-14H2,(H2,31,32,33). The van der Waals surface area contributed by atoms with Gasteiger partial charge in [0.1, 0.15) is 18.3 Å². The third kappa shape index (κ3) is 4.55. The number of anilines is 1. The monoisotopic (exact) mass is 519 g/mol. The number of alkyl halides is 3. The smallest absolute Gasteiger partial charge is 0.382 e. The highest BCUT2D eigenvalue weighted by Crippen LogP contribution is 2.37. The Hall–Kier alpha value is -4.41. The van der Waals surface area contributed by atoms with Gasteiger partial charge < -0.3 is 10.6 Å². The Morgan fingerprint density at radius 2 is 1.92 bits per heavy atom. The highest BCUT2D eigenvalue weighted by Gasteiger charge is 2.37. The molecule has 1 fully saturated rings. The maximum atomic E-state index is 12.8. The minimum atomic E-state index is -4.53. The molecule has 0 aliphatic carbocycles. The third-order valence-electron chi connectivity index (χ3n) is 6.97. The van der Waals surface area contributed by atoms with Crippen molar-refractivity contribution in [1.29, 1.82) is 0 Å². The van der Waals surface area contributed by atoms with Crippen LogP contribution in [0.5, 0.6) is 0 Å². The van der Waals surface area contributed by atoms with Gasteiger partial charge in [-0.1, -0.05) is 42.5 Å². The largest absolute Gasteiger partial charge is 0.397 e. The van der Waals surface area contributed by atoms with Gasteiger partial charge in [0.2, 0.25) is 5.91 Å². The molecule has 5 aromatic rings. The molecule has 0 bridgehead atoms. The van der Waals surface area contributed by atoms with Crippen LogP contribution in [0.15, 0.2) is 67.1 Å². The number of rotatable bonds is 5. The van der Waals surface area contributed by atoms with Gasteiger partial charge in [-0.2, -0.15) is 23.4 Å². The first-order valence-electron chi connectivity index (χ1n) is 12.2. The van der Waals surface area contributed by atoms with E-state index in [0.717, 1.165) is 33.3 Å². The second-order valence-electron chi connectivity index (χ2n) is 9.59. The fraction of sp³-hybridized carbons (Fsp3) is 0.259. The second kappa shape index (κ2) is 9.16. The van der Waals surface area contributed by atoms with Crippen LogP contribution < -0.4 is 5.73 Å². The first-order chi connectivity index (χ1) is 18.2. The Morgan fingerprint density at radius 1 is 1.11 bits per heavy atom. The SMILES string of the molecule is Nc1ncnn2c(C3CCN(C(=O)CC(F)(F)F)C3)cc(-c3ccc4cn(Cc5ccccc5)nc4c3)c12. The van der Waals surface area contributed by atoms with Gasteiger partial charge in [0, 0.05) is 41.8 Å². The van der Waals surface area contributed by atoms with Gasteiger partial charge in [0.25, 0.3) is 0 Å². The quantitative estimate of drug-likeness (QED) is 0.365. The predicted molar refractivity (Wildman–Crippen MR) is 136 cm³/mol. The van der Waals surface area contributed by atoms with Gasteiger partial charge in [-0.05, 0) is 29.7 Å². The highest BCUT2D eigenvalue weighted by atomic mass is 19.4. The molecule has 6 rings (SSSR count). The Morgan fingerprint density at radius 3 is 2.71 bits per heavy atom. The van der Waals surface area contributed by atoms with Crippen molar-refractivity contribution in [2.75, 3.05) is 18.8 Å². The summed E-state index contributed by atoms with van der Waals surface area (Å²) in [6.45, 7) is 1.09. The van der Waals surface area contributed by atoms with Crippen molar-refractivity contribution in [1.82, 2.24) is 29.3 Å². The number of hydrogen-bond donors (Lipinski definition) is 1. The van der Waals surface area contributed by atoms with E-state index in [4.69, 9.17) is 10.8 Å². The van der Waals surface area contributed by atoms with Crippen LogP contribution in [0.4, 0.5) is 19.0 Å². The summed E-state index contributed by atoms with van der Waals surface area (Å²) in [6, 6.07) is 18.0. The average molecular weight is 520 g/mol. The number of aromatic nitrogens is 5. The molecule has 3 aromatic heterocycles. The Bertz CT molecular complexity index is 1640. The first-order valence-corrected chi connectivity index (χ1v) is 12.2. The molecule has 194 valence electrons. The van der Waals surface area contributed by atoms with Gasteiger partial charge in [-0.15, -0.1) is 0 Å². The van der Waals surface area contributed by atoms with Crippen molar-refractivity contribution in [2.24, 2.45) is 0 Å². The molecule has 4 heterocycles. The summed E-state index contributed by atoms with van der Waals surface area (Å²) in [5, 5.41) is 10.1. The molecule has 2 aromatic carbocycles. The van der Waals surface area contributed by atoms with Crippen LogP contribution >= 0.6 is 0 Å². The number of carbonyl (C=O) groups is 1. The van der Waals surface area contributed by atoms with E-state index in [1.54, 1.807) is 4.52 Å². The lowest BCUT2D eigenvalue weighted by molar-refractivity contribution is -0.160. The minimum absolute atomic E-state index is 0.184. The number of carbonyl (C=O) groups excluding carboxylic acids is 1. The fourth-order valence-corrected chi connectivity index (χ4v) is 5.20. The maximum Gasteiger partial charge on any atom is 0.397 e. The Labute approximate surface area is 215 Å². The van der Waals surface area contributed by atoms with Gasteiger partial charge in [-0.3, -0.25) is 9.48 Å². The van der Waals surface area contributed by atoms with Crippen molar-refractivity contribution >= 4 is 28.1 Å². The number of fused-ring (bicyclic) bond motifs is 2. The van der Waals surface area contributed by atoms with E-state index in [2.05, 4.69) is 22.2 Å². The first kappa shape index (κ1) is 24.0. The van der Waals surface area contributed by atoms with Crippen molar-refractivity contribution in [3.63, 3.8) is 0 Å². The molecule has 11 heteroatoms. The van der Waals surface area contributed by atoms with Crippen molar-refractivity contribution in [3.05, 3.63) is 78.4 Å². The number of benzene rings is 2. The summed E-state index contributed by atoms with van der Waals surface area (Å²) in [5.74, 6) is -0.803. The lowest BCUT2D eigenvalue weighted by Gasteiger charge is -2.17. The number of halogens is 3. The Kier molecular flexibility index (Phi) is 5.77. The molecule has 8 nitrogen and oxygen atoms in total. The number of nitrogen functional groups attached to an aromatic ring is 1. The molecule has 0 spiro atoms. The van der Waals surface area contributed by atoms with Crippen LogP contribution in [-0.4, -0.2) is 54.5 Å². The van der Waals surface area contributed by atoms with Crippen LogP contribution in [-0.2, 0) is 11.3 Å². The molecule has 0 radical (unpaired) electrons. The Balaban J connectivity index is 1.34. The molecule has 2 N–H and O–H groups in total. The summed E-state index contributed by atoms with van der Waals surface area (Å²) >= 11 is 0. The summed E-state index contributed by atoms with van der Waals surface area (Å²) in [6.07, 6.45) is -2.10. The van der Waals surface area contributed by atoms with E-state index in [1.165, 1.54) is 11.2 Å². The van der Waals surface area contributed by atoms with Crippen LogP contribution in [0.25, 0.3) is 27.5 Å². The minimum Gasteiger partial charge on any atom is -0.382 e. The summed E-state index contributed by atoms with van der Waals surface area (Å²) in [4.78, 5) is 17.6. The van der Waals surface area contributed by atoms with Crippen LogP contribution in [0.2, 0.25) is 0 Å². The van der Waals surface area contributed by atoms with E-state index < -0.39 is 18.5 Å². The van der Waals surface area contributed by atoms with E-state index in [9.17, 15) is 18.0 Å². The van der Waals surface area contributed by atoms with Crippen LogP contribution in [0, 0.1) is 0 Å². The molecule has 1 unspecified atom stereocenters. The lowest BCUT2D eigenvalue weighted by Crippen LogP contribution is -2.32. The molecule has 0 saturated carbocycles. The fourth-order valence-electron chi connectivity index (χ4n) is 5.20. The van der Waals surface area contributed by atoms with Gasteiger partial charge in [0.15, 0.2) is 5.82 Å². The third-order valence-corrected chi connectivity index (χ3v) is 6.97. The van der Waals surface area contributed by atoms with E-state index in [0.29, 0.717) is 24.3 Å². The topological polar surface area (TPSA) is 94.3 Å². The number of amides is 1. The van der Waals surface area contributed by atoms with Crippen LogP contribution in [0.1, 0.15) is 30.0 Å². The highest BCUT2D eigenvalue weighted by molar-refractivity contribution is 5.92. The van der Waals surface area contributed by atoms with E-state index in [1.807, 2.05) is 53.3 Å². The van der Waals surface area contributed by atoms with E-state index >= 15 is 0 Å². The van der Waals surface area contributed by atoms with Crippen molar-refractivity contribution in [3.8, 4) is 11.1 Å². The molecular weight excluding hydrogens is 495 g/mol. The zero-order valence-electron chi connectivity index (χ0n) is 20.3. The maximum absolute atomic E-state index is 12.8. The molecule has 1 aliphatic heterocycles. The summed E-state index contributed by atoms with van der Waals surface area (Å²) < 4.78 is 41.9.